The van der Waals surface area contributed by atoms with Crippen LogP contribution in [0.15, 0.2) is 9.52 Å². The predicted molar refractivity (Wildman–Crippen MR) is 95.9 cm³/mol. The average molecular weight is 337 g/mol. The lowest BCUT2D eigenvalue weighted by Gasteiger charge is -2.16. The van der Waals surface area contributed by atoms with Gasteiger partial charge in [-0.1, -0.05) is 32.9 Å². The van der Waals surface area contributed by atoms with Gasteiger partial charge in [-0.05, 0) is 12.3 Å². The molecule has 0 saturated carbocycles. The zero-order valence-corrected chi connectivity index (χ0v) is 15.8. The minimum atomic E-state index is 0.00233. The van der Waals surface area contributed by atoms with E-state index in [1.807, 2.05) is 6.92 Å². The predicted octanol–water partition coefficient (Wildman–Crippen LogP) is 1.58. The molecule has 0 spiro atoms. The number of carbonyl (C=O) groups excluding carboxylic acids is 1. The van der Waals surface area contributed by atoms with Crippen LogP contribution in [0.4, 0.5) is 0 Å². The second kappa shape index (κ2) is 9.95. The molecule has 0 aliphatic heterocycles. The highest BCUT2D eigenvalue weighted by Gasteiger charge is 2.13. The third-order valence-corrected chi connectivity index (χ3v) is 3.59. The van der Waals surface area contributed by atoms with Crippen molar-refractivity contribution in [2.45, 2.75) is 47.1 Å². The number of aliphatic imine (C=N–C) groups is 1. The van der Waals surface area contributed by atoms with Gasteiger partial charge in [0.25, 0.3) is 0 Å². The number of nitrogens with one attached hydrogen (secondary N) is 2. The van der Waals surface area contributed by atoms with Crippen LogP contribution in [-0.2, 0) is 24.2 Å². The van der Waals surface area contributed by atoms with Gasteiger partial charge in [-0.3, -0.25) is 4.79 Å². The topological polar surface area (TPSA) is 82.8 Å². The van der Waals surface area contributed by atoms with Crippen LogP contribution in [0, 0.1) is 5.92 Å². The van der Waals surface area contributed by atoms with E-state index in [2.05, 4.69) is 41.6 Å². The Hall–Kier alpha value is -2.05. The Morgan fingerprint density at radius 3 is 2.50 bits per heavy atom. The second-order valence-electron chi connectivity index (χ2n) is 6.32. The molecule has 1 amide bonds. The molecule has 1 aromatic rings. The first kappa shape index (κ1) is 20.0. The fourth-order valence-electron chi connectivity index (χ4n) is 2.07. The second-order valence-corrected chi connectivity index (χ2v) is 6.32. The molecule has 2 N–H and O–H groups in total. The molecule has 7 nitrogen and oxygen atoms in total. The van der Waals surface area contributed by atoms with Crippen molar-refractivity contribution in [1.82, 2.24) is 20.7 Å². The Morgan fingerprint density at radius 1 is 1.25 bits per heavy atom. The van der Waals surface area contributed by atoms with Crippen LogP contribution in [0.1, 0.15) is 44.7 Å². The summed E-state index contributed by atoms with van der Waals surface area (Å²) in [5.74, 6) is 1.99. The maximum Gasteiger partial charge on any atom is 0.241 e. The van der Waals surface area contributed by atoms with Crippen molar-refractivity contribution in [3.8, 4) is 0 Å². The van der Waals surface area contributed by atoms with E-state index in [1.165, 1.54) is 0 Å². The summed E-state index contributed by atoms with van der Waals surface area (Å²) >= 11 is 0. The lowest BCUT2D eigenvalue weighted by atomic mass is 10.1. The molecule has 0 atom stereocenters. The molecule has 0 bridgehead atoms. The van der Waals surface area contributed by atoms with Crippen LogP contribution in [0.3, 0.4) is 0 Å². The third-order valence-electron chi connectivity index (χ3n) is 3.59. The van der Waals surface area contributed by atoms with Gasteiger partial charge in [0.05, 0.1) is 18.8 Å². The number of amides is 1. The highest BCUT2D eigenvalue weighted by molar-refractivity contribution is 5.86. The van der Waals surface area contributed by atoms with Gasteiger partial charge in [0.15, 0.2) is 5.96 Å². The number of nitrogens with zero attached hydrogens (tertiary/aromatic N) is 3. The Balaban J connectivity index is 2.83. The first-order valence-corrected chi connectivity index (χ1v) is 8.57. The number of guanidine groups is 1. The number of aryl methyl sites for hydroxylation is 2. The van der Waals surface area contributed by atoms with E-state index in [4.69, 9.17) is 4.52 Å². The number of likely N-dealkylation sites (N-methyl/N-ethyl adjacent to an activating group) is 1. The van der Waals surface area contributed by atoms with Crippen LogP contribution in [-0.4, -0.2) is 49.1 Å². The van der Waals surface area contributed by atoms with E-state index in [0.29, 0.717) is 18.4 Å². The molecule has 1 rings (SSSR count). The zero-order chi connectivity index (χ0) is 18.1. The largest absolute Gasteiger partial charge is 0.361 e. The van der Waals surface area contributed by atoms with Crippen LogP contribution in [0.2, 0.25) is 0 Å². The molecule has 0 unspecified atom stereocenters. The number of aromatic nitrogens is 1. The summed E-state index contributed by atoms with van der Waals surface area (Å²) in [6, 6.07) is 0. The summed E-state index contributed by atoms with van der Waals surface area (Å²) in [5.41, 5.74) is 1.99. The smallest absolute Gasteiger partial charge is 0.241 e. The third kappa shape index (κ3) is 6.22. The molecule has 136 valence electrons. The quantitative estimate of drug-likeness (QED) is 0.556. The van der Waals surface area contributed by atoms with Crippen molar-refractivity contribution in [1.29, 1.82) is 0 Å². The van der Waals surface area contributed by atoms with Gasteiger partial charge >= 0.3 is 0 Å². The summed E-state index contributed by atoms with van der Waals surface area (Å²) in [5, 5.41) is 10.5. The van der Waals surface area contributed by atoms with Crippen LogP contribution < -0.4 is 10.6 Å². The van der Waals surface area contributed by atoms with Crippen LogP contribution >= 0.6 is 0 Å². The van der Waals surface area contributed by atoms with Crippen molar-refractivity contribution in [2.75, 3.05) is 27.2 Å². The van der Waals surface area contributed by atoms with Gasteiger partial charge < -0.3 is 20.1 Å². The normalized spacial score (nSPS) is 11.7. The molecular weight excluding hydrogens is 306 g/mol. The van der Waals surface area contributed by atoms with Gasteiger partial charge in [-0.2, -0.15) is 0 Å². The molecule has 0 saturated heterocycles. The highest BCUT2D eigenvalue weighted by atomic mass is 16.5. The number of hydrogen-bond acceptors (Lipinski definition) is 4. The van der Waals surface area contributed by atoms with Crippen molar-refractivity contribution < 1.29 is 9.32 Å². The molecule has 0 radical (unpaired) electrons. The maximum absolute atomic E-state index is 11.8. The van der Waals surface area contributed by atoms with E-state index < -0.39 is 0 Å². The molecule has 24 heavy (non-hydrogen) atoms. The molecule has 0 aliphatic carbocycles. The fraction of sp³-hybridized carbons (Fsp3) is 0.706. The Labute approximate surface area is 144 Å². The van der Waals surface area contributed by atoms with Crippen molar-refractivity contribution in [2.24, 2.45) is 10.9 Å². The molecular formula is C17H31N5O2. The van der Waals surface area contributed by atoms with Gasteiger partial charge in [0.1, 0.15) is 5.76 Å². The maximum atomic E-state index is 11.8. The summed E-state index contributed by atoms with van der Waals surface area (Å²) in [7, 11) is 3.47. The van der Waals surface area contributed by atoms with Crippen molar-refractivity contribution in [3.63, 3.8) is 0 Å². The van der Waals surface area contributed by atoms with Gasteiger partial charge in [-0.15, -0.1) is 0 Å². The van der Waals surface area contributed by atoms with Gasteiger partial charge in [0, 0.05) is 32.6 Å². The molecule has 0 aliphatic rings. The fourth-order valence-corrected chi connectivity index (χ4v) is 2.07. The van der Waals surface area contributed by atoms with Gasteiger partial charge in [-0.25, -0.2) is 4.99 Å². The van der Waals surface area contributed by atoms with E-state index in [0.717, 1.165) is 36.4 Å². The number of rotatable bonds is 8. The monoisotopic (exact) mass is 337 g/mol. The highest BCUT2D eigenvalue weighted by Crippen LogP contribution is 2.16. The Kier molecular flexibility index (Phi) is 8.29. The van der Waals surface area contributed by atoms with Crippen LogP contribution in [0.25, 0.3) is 0 Å². The van der Waals surface area contributed by atoms with Crippen LogP contribution in [0.5, 0.6) is 0 Å². The number of hydrogen-bond donors (Lipinski definition) is 2. The summed E-state index contributed by atoms with van der Waals surface area (Å²) < 4.78 is 5.38. The summed E-state index contributed by atoms with van der Waals surface area (Å²) in [6.07, 6.45) is 1.61. The van der Waals surface area contributed by atoms with Crippen molar-refractivity contribution in [3.05, 3.63) is 17.0 Å². The summed E-state index contributed by atoms with van der Waals surface area (Å²) in [6.45, 7) is 9.82. The molecule has 0 fully saturated rings. The van der Waals surface area contributed by atoms with Crippen molar-refractivity contribution >= 4 is 11.9 Å². The molecule has 1 aromatic heterocycles. The van der Waals surface area contributed by atoms with E-state index in [1.54, 1.807) is 19.0 Å². The first-order valence-electron chi connectivity index (χ1n) is 8.57. The van der Waals surface area contributed by atoms with E-state index >= 15 is 0 Å². The molecule has 0 aromatic carbocycles. The lowest BCUT2D eigenvalue weighted by molar-refractivity contribution is -0.127. The minimum Gasteiger partial charge on any atom is -0.361 e. The standard InChI is InChI=1S/C17H31N5O2/c1-7-14-13(15(8-2)24-21-14)10-19-17(18-9-12(3)4)20-11-16(23)22(5)6/h12H,7-11H2,1-6H3,(H2,18,19,20). The first-order chi connectivity index (χ1) is 11.4. The lowest BCUT2D eigenvalue weighted by Crippen LogP contribution is -2.44. The molecule has 7 heteroatoms. The summed E-state index contributed by atoms with van der Waals surface area (Å²) in [4.78, 5) is 17.9. The average Bonchev–Trinajstić information content (AvgIpc) is 2.95. The Morgan fingerprint density at radius 2 is 1.96 bits per heavy atom. The van der Waals surface area contributed by atoms with E-state index in [9.17, 15) is 4.79 Å². The Bertz CT molecular complexity index is 528. The molecule has 1 heterocycles. The van der Waals surface area contributed by atoms with E-state index in [-0.39, 0.29) is 12.5 Å². The number of carbonyl (C=O) groups is 1. The SMILES string of the molecule is CCc1noc(CC)c1CN=C(NCC(=O)N(C)C)NCC(C)C. The zero-order valence-electron chi connectivity index (χ0n) is 15.8. The van der Waals surface area contributed by atoms with Gasteiger partial charge in [0.2, 0.25) is 5.91 Å². The minimum absolute atomic E-state index is 0.00233.